The molecule has 2 amide bonds. The average Bonchev–Trinajstić information content (AvgIpc) is 2.94. The second-order valence-corrected chi connectivity index (χ2v) is 10.8. The number of nitrogens with zero attached hydrogens (tertiary/aromatic N) is 2. The number of piperidine rings is 1. The van der Waals surface area contributed by atoms with Crippen LogP contribution in [0.3, 0.4) is 0 Å². The highest BCUT2D eigenvalue weighted by molar-refractivity contribution is 6.31. The lowest BCUT2D eigenvalue weighted by molar-refractivity contribution is -0.130. The first-order valence-corrected chi connectivity index (χ1v) is 13.4. The Morgan fingerprint density at radius 2 is 1.85 bits per heavy atom. The van der Waals surface area contributed by atoms with Gasteiger partial charge >= 0.3 is 0 Å². The molecule has 2 aromatic heterocycles. The van der Waals surface area contributed by atoms with E-state index in [0.717, 1.165) is 17.7 Å². The third kappa shape index (κ3) is 4.75. The summed E-state index contributed by atoms with van der Waals surface area (Å²) in [6.07, 6.45) is 3.52. The fourth-order valence-corrected chi connectivity index (χ4v) is 5.95. The molecule has 4 heterocycles. The van der Waals surface area contributed by atoms with Crippen molar-refractivity contribution in [1.29, 1.82) is 0 Å². The molecule has 9 heteroatoms. The molecular formula is C31H26ClN3O5. The molecule has 1 fully saturated rings. The van der Waals surface area contributed by atoms with Gasteiger partial charge in [0.05, 0.1) is 10.9 Å². The van der Waals surface area contributed by atoms with Gasteiger partial charge in [0.25, 0.3) is 17.4 Å². The van der Waals surface area contributed by atoms with E-state index in [1.807, 2.05) is 25.1 Å². The van der Waals surface area contributed by atoms with E-state index < -0.39 is 11.8 Å². The number of hydrogen-bond acceptors (Lipinski definition) is 5. The molecule has 0 saturated carbocycles. The van der Waals surface area contributed by atoms with Crippen molar-refractivity contribution in [3.63, 3.8) is 0 Å². The first-order chi connectivity index (χ1) is 19.3. The number of benzene rings is 2. The van der Waals surface area contributed by atoms with Gasteiger partial charge in [0.1, 0.15) is 17.5 Å². The summed E-state index contributed by atoms with van der Waals surface area (Å²) in [5.74, 6) is -0.781. The topological polar surface area (TPSA) is 102 Å². The first kappa shape index (κ1) is 25.8. The van der Waals surface area contributed by atoms with Gasteiger partial charge in [-0.3, -0.25) is 19.2 Å². The minimum absolute atomic E-state index is 0.00782. The molecule has 2 bridgehead atoms. The molecule has 8 nitrogen and oxygen atoms in total. The first-order valence-electron chi connectivity index (χ1n) is 13.1. The minimum atomic E-state index is -0.458. The Morgan fingerprint density at radius 1 is 1.02 bits per heavy atom. The number of nitrogens with one attached hydrogen (secondary N) is 1. The van der Waals surface area contributed by atoms with E-state index in [2.05, 4.69) is 5.32 Å². The number of carbonyl (C=O) groups excluding carboxylic acids is 2. The summed E-state index contributed by atoms with van der Waals surface area (Å²) in [6, 6.07) is 17.0. The number of aromatic nitrogens is 1. The maximum absolute atomic E-state index is 14.0. The van der Waals surface area contributed by atoms with Crippen LogP contribution in [0.4, 0.5) is 0 Å². The Labute approximate surface area is 234 Å². The molecule has 2 atom stereocenters. The van der Waals surface area contributed by atoms with Crippen LogP contribution in [0.2, 0.25) is 5.02 Å². The summed E-state index contributed by atoms with van der Waals surface area (Å²) in [4.78, 5) is 54.8. The molecule has 40 heavy (non-hydrogen) atoms. The van der Waals surface area contributed by atoms with Crippen LogP contribution in [-0.2, 0) is 11.3 Å². The predicted octanol–water partition coefficient (Wildman–Crippen LogP) is 4.33. The van der Waals surface area contributed by atoms with Crippen molar-refractivity contribution >= 4 is 40.5 Å². The molecule has 0 radical (unpaired) electrons. The average molecular weight is 556 g/mol. The van der Waals surface area contributed by atoms with E-state index in [1.54, 1.807) is 45.9 Å². The van der Waals surface area contributed by atoms with Crippen LogP contribution < -0.4 is 16.3 Å². The smallest absolute Gasteiger partial charge is 0.270 e. The molecule has 6 rings (SSSR count). The SMILES string of the molecule is Cc1ccccc1C(=O)N/C(=C\c1coc2ccc(Cl)cc2c1=O)C(=O)N1C[C@@H]2C[C@H](C1)c1cccc(=O)n1C2. The van der Waals surface area contributed by atoms with E-state index in [9.17, 15) is 19.2 Å². The van der Waals surface area contributed by atoms with Gasteiger partial charge < -0.3 is 19.2 Å². The second-order valence-electron chi connectivity index (χ2n) is 10.4. The lowest BCUT2D eigenvalue weighted by Crippen LogP contribution is -2.50. The maximum Gasteiger partial charge on any atom is 0.270 e. The number of fused-ring (bicyclic) bond motifs is 5. The van der Waals surface area contributed by atoms with E-state index in [-0.39, 0.29) is 39.5 Å². The van der Waals surface area contributed by atoms with Crippen LogP contribution in [0.15, 0.2) is 86.6 Å². The molecule has 1 saturated heterocycles. The van der Waals surface area contributed by atoms with Crippen LogP contribution in [-0.4, -0.2) is 34.4 Å². The number of amides is 2. The Bertz CT molecular complexity index is 1820. The highest BCUT2D eigenvalue weighted by Gasteiger charge is 2.37. The van der Waals surface area contributed by atoms with Crippen molar-refractivity contribution in [1.82, 2.24) is 14.8 Å². The normalized spacial score (nSPS) is 18.4. The molecule has 0 aliphatic carbocycles. The Balaban J connectivity index is 1.39. The van der Waals surface area contributed by atoms with Gasteiger partial charge in [-0.05, 0) is 61.2 Å². The number of likely N-dealkylation sites (tertiary alicyclic amines) is 1. The third-order valence-corrected chi connectivity index (χ3v) is 7.93. The molecule has 2 aliphatic rings. The van der Waals surface area contributed by atoms with Gasteiger partial charge in [0, 0.05) is 47.9 Å². The van der Waals surface area contributed by atoms with Crippen LogP contribution in [0, 0.1) is 12.8 Å². The summed E-state index contributed by atoms with van der Waals surface area (Å²) >= 11 is 6.11. The fourth-order valence-electron chi connectivity index (χ4n) is 5.77. The monoisotopic (exact) mass is 555 g/mol. The number of pyridine rings is 1. The Morgan fingerprint density at radius 3 is 2.67 bits per heavy atom. The van der Waals surface area contributed by atoms with E-state index in [1.165, 1.54) is 18.4 Å². The van der Waals surface area contributed by atoms with Gasteiger partial charge in [0.2, 0.25) is 0 Å². The number of rotatable bonds is 4. The molecule has 2 aromatic carbocycles. The molecule has 4 aromatic rings. The van der Waals surface area contributed by atoms with E-state index in [0.29, 0.717) is 35.8 Å². The molecule has 1 N–H and O–H groups in total. The van der Waals surface area contributed by atoms with E-state index in [4.69, 9.17) is 16.0 Å². The highest BCUT2D eigenvalue weighted by atomic mass is 35.5. The third-order valence-electron chi connectivity index (χ3n) is 7.70. The summed E-state index contributed by atoms with van der Waals surface area (Å²) in [5, 5.41) is 3.42. The van der Waals surface area contributed by atoms with E-state index >= 15 is 0 Å². The zero-order valence-electron chi connectivity index (χ0n) is 21.7. The number of aryl methyl sites for hydroxylation is 1. The van der Waals surface area contributed by atoms with Crippen molar-refractivity contribution < 1.29 is 14.0 Å². The maximum atomic E-state index is 14.0. The van der Waals surface area contributed by atoms with Crippen LogP contribution >= 0.6 is 11.6 Å². The van der Waals surface area contributed by atoms with Crippen molar-refractivity contribution in [3.05, 3.63) is 121 Å². The Kier molecular flexibility index (Phi) is 6.64. The molecular weight excluding hydrogens is 530 g/mol. The van der Waals surface area contributed by atoms with Crippen molar-refractivity contribution in [3.8, 4) is 0 Å². The quantitative estimate of drug-likeness (QED) is 0.378. The summed E-state index contributed by atoms with van der Waals surface area (Å²) in [5.41, 5.74) is 2.10. The standard InChI is InChI=1S/C31H26ClN3O5/c1-18-5-2-3-6-23(18)30(38)33-25(12-21-17-40-27-10-9-22(32)13-24(27)29(21)37)31(39)34-14-19-11-20(16-34)26-7-4-8-28(36)35(26)15-19/h2-10,12-13,17,19-20H,11,14-16H2,1H3,(H,33,38)/b25-12-/t19-,20+/m0/s1. The Hall–Kier alpha value is -4.43. The van der Waals surface area contributed by atoms with Gasteiger partial charge in [-0.1, -0.05) is 35.9 Å². The summed E-state index contributed by atoms with van der Waals surface area (Å²) in [7, 11) is 0. The van der Waals surface area contributed by atoms with Crippen molar-refractivity contribution in [2.45, 2.75) is 25.8 Å². The van der Waals surface area contributed by atoms with Crippen molar-refractivity contribution in [2.75, 3.05) is 13.1 Å². The van der Waals surface area contributed by atoms with Crippen molar-refractivity contribution in [2.24, 2.45) is 5.92 Å². The van der Waals surface area contributed by atoms with Crippen LogP contribution in [0.25, 0.3) is 17.0 Å². The zero-order chi connectivity index (χ0) is 28.0. The van der Waals surface area contributed by atoms with Gasteiger partial charge in [0.15, 0.2) is 5.43 Å². The largest absolute Gasteiger partial charge is 0.463 e. The number of hydrogen-bond donors (Lipinski definition) is 1. The lowest BCUT2D eigenvalue weighted by atomic mass is 9.83. The van der Waals surface area contributed by atoms with Gasteiger partial charge in [-0.2, -0.15) is 0 Å². The lowest BCUT2D eigenvalue weighted by Gasteiger charge is -2.43. The van der Waals surface area contributed by atoms with Gasteiger partial charge in [-0.15, -0.1) is 0 Å². The van der Waals surface area contributed by atoms with Gasteiger partial charge in [-0.25, -0.2) is 0 Å². The zero-order valence-corrected chi connectivity index (χ0v) is 22.5. The number of carbonyl (C=O) groups is 2. The minimum Gasteiger partial charge on any atom is -0.463 e. The highest BCUT2D eigenvalue weighted by Crippen LogP contribution is 2.35. The molecule has 202 valence electrons. The second kappa shape index (κ2) is 10.3. The predicted molar refractivity (Wildman–Crippen MR) is 152 cm³/mol. The van der Waals surface area contributed by atoms with Crippen LogP contribution in [0.1, 0.15) is 39.5 Å². The molecule has 2 aliphatic heterocycles. The van der Waals surface area contributed by atoms with Crippen LogP contribution in [0.5, 0.6) is 0 Å². The molecule has 0 spiro atoms. The fraction of sp³-hybridized carbons (Fsp3) is 0.226. The summed E-state index contributed by atoms with van der Waals surface area (Å²) in [6.45, 7) is 3.15. The number of halogens is 1. The molecule has 0 unspecified atom stereocenters. The summed E-state index contributed by atoms with van der Waals surface area (Å²) < 4.78 is 7.45.